The number of aromatic nitrogens is 4. The molecule has 0 unspecified atom stereocenters. The maximum absolute atomic E-state index is 13.4. The summed E-state index contributed by atoms with van der Waals surface area (Å²) in [5, 5.41) is 0. The van der Waals surface area contributed by atoms with Crippen molar-refractivity contribution in [2.24, 2.45) is 7.05 Å². The molecule has 7 nitrogen and oxygen atoms in total. The molecule has 0 atom stereocenters. The van der Waals surface area contributed by atoms with Crippen LogP contribution < -0.4 is 16.1 Å². The fourth-order valence-corrected chi connectivity index (χ4v) is 5.11. The second kappa shape index (κ2) is 7.78. The molecule has 0 spiro atoms. The summed E-state index contributed by atoms with van der Waals surface area (Å²) in [6.07, 6.45) is 7.84. The average Bonchev–Trinajstić information content (AvgIpc) is 3.19. The smallest absolute Gasteiger partial charge is 0.332 e. The van der Waals surface area contributed by atoms with Gasteiger partial charge in [-0.3, -0.25) is 13.9 Å². The first kappa shape index (κ1) is 19.2. The minimum absolute atomic E-state index is 0.215. The van der Waals surface area contributed by atoms with Crippen LogP contribution in [-0.4, -0.2) is 31.3 Å². The molecule has 0 saturated heterocycles. The van der Waals surface area contributed by atoms with E-state index in [1.54, 1.807) is 11.6 Å². The van der Waals surface area contributed by atoms with E-state index in [1.165, 1.54) is 36.7 Å². The normalized spacial score (nSPS) is 17.4. The first-order chi connectivity index (χ1) is 14.6. The van der Waals surface area contributed by atoms with Gasteiger partial charge in [-0.25, -0.2) is 4.79 Å². The number of aryl methyl sites for hydroxylation is 3. The zero-order valence-electron chi connectivity index (χ0n) is 17.6. The van der Waals surface area contributed by atoms with Crippen LogP contribution in [0.25, 0.3) is 11.2 Å². The molecule has 1 saturated carbocycles. The Bertz CT molecular complexity index is 1170. The van der Waals surface area contributed by atoms with Crippen molar-refractivity contribution in [3.63, 3.8) is 0 Å². The van der Waals surface area contributed by atoms with E-state index in [0.717, 1.165) is 31.0 Å². The fraction of sp³-hybridized carbons (Fsp3) is 0.522. The predicted molar refractivity (Wildman–Crippen MR) is 118 cm³/mol. The van der Waals surface area contributed by atoms with Gasteiger partial charge in [0.05, 0.1) is 0 Å². The monoisotopic (exact) mass is 407 g/mol. The minimum Gasteiger partial charge on any atom is -0.339 e. The molecule has 5 rings (SSSR count). The number of hydrogen-bond donors (Lipinski definition) is 0. The third kappa shape index (κ3) is 3.16. The second-order valence-corrected chi connectivity index (χ2v) is 8.61. The maximum Gasteiger partial charge on any atom is 0.332 e. The molecule has 3 heterocycles. The fourth-order valence-electron chi connectivity index (χ4n) is 5.11. The number of rotatable bonds is 4. The number of anilines is 1. The summed E-state index contributed by atoms with van der Waals surface area (Å²) in [4.78, 5) is 33.6. The van der Waals surface area contributed by atoms with Gasteiger partial charge < -0.3 is 9.47 Å². The summed E-state index contributed by atoms with van der Waals surface area (Å²) in [5.74, 6) is 0.871. The highest BCUT2D eigenvalue weighted by atomic mass is 16.2. The van der Waals surface area contributed by atoms with E-state index < -0.39 is 0 Å². The first-order valence-corrected chi connectivity index (χ1v) is 11.2. The van der Waals surface area contributed by atoms with Crippen LogP contribution in [0.15, 0.2) is 39.9 Å². The molecule has 1 aromatic carbocycles. The number of fused-ring (bicyclic) bond motifs is 3. The van der Waals surface area contributed by atoms with Crippen molar-refractivity contribution in [1.82, 2.24) is 18.7 Å². The topological polar surface area (TPSA) is 65.1 Å². The third-order valence-corrected chi connectivity index (χ3v) is 6.73. The van der Waals surface area contributed by atoms with E-state index in [1.807, 2.05) is 30.3 Å². The predicted octanol–water partition coefficient (Wildman–Crippen LogP) is 2.68. The summed E-state index contributed by atoms with van der Waals surface area (Å²) in [7, 11) is 1.73. The lowest BCUT2D eigenvalue weighted by molar-refractivity contribution is 0.391. The molecule has 3 aromatic rings. The number of hydrogen-bond acceptors (Lipinski definition) is 4. The van der Waals surface area contributed by atoms with Crippen molar-refractivity contribution in [2.45, 2.75) is 64.1 Å². The van der Waals surface area contributed by atoms with Crippen LogP contribution >= 0.6 is 0 Å². The van der Waals surface area contributed by atoms with Crippen LogP contribution in [0.3, 0.4) is 0 Å². The molecule has 0 N–H and O–H groups in total. The quantitative estimate of drug-likeness (QED) is 0.667. The Labute approximate surface area is 175 Å². The Morgan fingerprint density at radius 2 is 1.77 bits per heavy atom. The molecular weight excluding hydrogens is 378 g/mol. The van der Waals surface area contributed by atoms with Crippen molar-refractivity contribution >= 4 is 17.1 Å². The highest BCUT2D eigenvalue weighted by molar-refractivity contribution is 5.75. The molecule has 1 fully saturated rings. The molecule has 2 aliphatic rings. The lowest BCUT2D eigenvalue weighted by Gasteiger charge is -2.37. The van der Waals surface area contributed by atoms with Gasteiger partial charge in [0.1, 0.15) is 0 Å². The van der Waals surface area contributed by atoms with E-state index in [4.69, 9.17) is 4.98 Å². The van der Waals surface area contributed by atoms with Gasteiger partial charge in [0.15, 0.2) is 11.2 Å². The highest BCUT2D eigenvalue weighted by Crippen LogP contribution is 2.31. The lowest BCUT2D eigenvalue weighted by Crippen LogP contribution is -2.43. The van der Waals surface area contributed by atoms with Crippen LogP contribution in [0.1, 0.15) is 44.1 Å². The number of nitrogens with zero attached hydrogens (tertiary/aromatic N) is 5. The average molecular weight is 408 g/mol. The summed E-state index contributed by atoms with van der Waals surface area (Å²) < 4.78 is 4.99. The lowest BCUT2D eigenvalue weighted by atomic mass is 9.94. The SMILES string of the molecule is Cn1c(=O)n(CCc2ccccc2)c(=O)c2c1nc1n2CCCN1C1CCCCC1. The summed E-state index contributed by atoms with van der Waals surface area (Å²) in [6.45, 7) is 2.13. The van der Waals surface area contributed by atoms with E-state index >= 15 is 0 Å². The molecule has 0 radical (unpaired) electrons. The van der Waals surface area contributed by atoms with Crippen LogP contribution in [0.4, 0.5) is 5.95 Å². The Morgan fingerprint density at radius 1 is 1.00 bits per heavy atom. The van der Waals surface area contributed by atoms with Gasteiger partial charge in [-0.15, -0.1) is 0 Å². The molecule has 7 heteroatoms. The van der Waals surface area contributed by atoms with E-state index in [2.05, 4.69) is 9.47 Å². The van der Waals surface area contributed by atoms with Gasteiger partial charge in [0.2, 0.25) is 5.95 Å². The third-order valence-electron chi connectivity index (χ3n) is 6.73. The number of imidazole rings is 1. The van der Waals surface area contributed by atoms with Gasteiger partial charge in [-0.2, -0.15) is 4.98 Å². The Morgan fingerprint density at radius 3 is 2.53 bits per heavy atom. The van der Waals surface area contributed by atoms with Crippen molar-refractivity contribution in [2.75, 3.05) is 11.4 Å². The maximum atomic E-state index is 13.4. The molecular formula is C23H29N5O2. The van der Waals surface area contributed by atoms with Gasteiger partial charge >= 0.3 is 5.69 Å². The zero-order chi connectivity index (χ0) is 20.7. The minimum atomic E-state index is -0.289. The largest absolute Gasteiger partial charge is 0.339 e. The van der Waals surface area contributed by atoms with Crippen molar-refractivity contribution in [1.29, 1.82) is 0 Å². The molecule has 158 valence electrons. The molecule has 2 aromatic heterocycles. The first-order valence-electron chi connectivity index (χ1n) is 11.2. The van der Waals surface area contributed by atoms with Gasteiger partial charge in [-0.05, 0) is 31.2 Å². The van der Waals surface area contributed by atoms with Crippen LogP contribution in [0, 0.1) is 0 Å². The van der Waals surface area contributed by atoms with Gasteiger partial charge in [-0.1, -0.05) is 49.6 Å². The van der Waals surface area contributed by atoms with E-state index in [0.29, 0.717) is 30.2 Å². The van der Waals surface area contributed by atoms with Crippen LogP contribution in [0.2, 0.25) is 0 Å². The summed E-state index contributed by atoms with van der Waals surface area (Å²) in [6, 6.07) is 10.5. The Kier molecular flexibility index (Phi) is 4.97. The molecule has 1 aliphatic carbocycles. The van der Waals surface area contributed by atoms with E-state index in [-0.39, 0.29) is 11.2 Å². The van der Waals surface area contributed by atoms with E-state index in [9.17, 15) is 9.59 Å². The Hall–Kier alpha value is -2.83. The zero-order valence-corrected chi connectivity index (χ0v) is 17.6. The van der Waals surface area contributed by atoms with Gasteiger partial charge in [0, 0.05) is 32.7 Å². The summed E-state index contributed by atoms with van der Waals surface area (Å²) in [5.41, 5.74) is 1.70. The standard InChI is InChI=1S/C23H29N5O2/c1-25-20-19(21(29)28(23(25)30)16-13-17-9-4-2-5-10-17)27-15-8-14-26(22(27)24-20)18-11-6-3-7-12-18/h2,4-5,9-10,18H,3,6-8,11-16H2,1H3. The van der Waals surface area contributed by atoms with Crippen molar-refractivity contribution in [3.05, 3.63) is 56.7 Å². The highest BCUT2D eigenvalue weighted by Gasteiger charge is 2.30. The number of benzene rings is 1. The van der Waals surface area contributed by atoms with Crippen LogP contribution in [0.5, 0.6) is 0 Å². The molecule has 1 aliphatic heterocycles. The summed E-state index contributed by atoms with van der Waals surface area (Å²) >= 11 is 0. The van der Waals surface area contributed by atoms with Crippen LogP contribution in [-0.2, 0) is 26.6 Å². The Balaban J connectivity index is 1.58. The van der Waals surface area contributed by atoms with Crippen molar-refractivity contribution < 1.29 is 0 Å². The van der Waals surface area contributed by atoms with Gasteiger partial charge in [0.25, 0.3) is 5.56 Å². The van der Waals surface area contributed by atoms with Crippen molar-refractivity contribution in [3.8, 4) is 0 Å². The molecule has 0 bridgehead atoms. The second-order valence-electron chi connectivity index (χ2n) is 8.61. The molecule has 0 amide bonds. The molecule has 30 heavy (non-hydrogen) atoms.